The lowest BCUT2D eigenvalue weighted by molar-refractivity contribution is -0.153. The van der Waals surface area contributed by atoms with Crippen LogP contribution in [0.15, 0.2) is 48.5 Å². The van der Waals surface area contributed by atoms with Gasteiger partial charge in [-0.3, -0.25) is 14.4 Å². The van der Waals surface area contributed by atoms with E-state index in [0.29, 0.717) is 22.1 Å². The van der Waals surface area contributed by atoms with Crippen LogP contribution >= 0.6 is 11.6 Å². The van der Waals surface area contributed by atoms with Crippen LogP contribution in [0.4, 0.5) is 11.4 Å². The lowest BCUT2D eigenvalue weighted by Gasteiger charge is -2.29. The molecule has 2 amide bonds. The molecule has 146 valence electrons. The molecule has 0 radical (unpaired) electrons. The first kappa shape index (κ1) is 19.7. The van der Waals surface area contributed by atoms with Crippen LogP contribution in [-0.2, 0) is 19.1 Å². The molecule has 0 saturated carbocycles. The third-order valence-electron chi connectivity index (χ3n) is 4.14. The first-order valence-electron chi connectivity index (χ1n) is 8.72. The van der Waals surface area contributed by atoms with Gasteiger partial charge in [0.1, 0.15) is 5.75 Å². The Kier molecular flexibility index (Phi) is 6.16. The van der Waals surface area contributed by atoms with E-state index >= 15 is 0 Å². The van der Waals surface area contributed by atoms with E-state index in [9.17, 15) is 14.4 Å². The highest BCUT2D eigenvalue weighted by molar-refractivity contribution is 6.30. The second-order valence-corrected chi connectivity index (χ2v) is 6.62. The van der Waals surface area contributed by atoms with Crippen LogP contribution in [0.5, 0.6) is 5.75 Å². The van der Waals surface area contributed by atoms with E-state index in [1.165, 1.54) is 11.8 Å². The fourth-order valence-corrected chi connectivity index (χ4v) is 2.81. The molecule has 1 aliphatic heterocycles. The van der Waals surface area contributed by atoms with Crippen molar-refractivity contribution in [3.8, 4) is 5.75 Å². The third kappa shape index (κ3) is 4.80. The number of ether oxygens (including phenoxy) is 2. The van der Waals surface area contributed by atoms with Crippen molar-refractivity contribution in [2.45, 2.75) is 19.4 Å². The number of para-hydroxylation sites is 2. The number of amides is 2. The summed E-state index contributed by atoms with van der Waals surface area (Å²) in [7, 11) is 0. The highest BCUT2D eigenvalue weighted by atomic mass is 35.5. The Bertz CT molecular complexity index is 884. The molecular formula is C20H19ClN2O5. The van der Waals surface area contributed by atoms with Crippen molar-refractivity contribution < 1.29 is 23.9 Å². The van der Waals surface area contributed by atoms with Gasteiger partial charge in [-0.05, 0) is 43.3 Å². The van der Waals surface area contributed by atoms with Gasteiger partial charge in [-0.2, -0.15) is 0 Å². The molecule has 1 atom stereocenters. The van der Waals surface area contributed by atoms with E-state index in [0.717, 1.165) is 0 Å². The summed E-state index contributed by atoms with van der Waals surface area (Å²) in [5, 5.41) is 3.20. The maximum absolute atomic E-state index is 12.2. The first-order valence-corrected chi connectivity index (χ1v) is 9.10. The van der Waals surface area contributed by atoms with Gasteiger partial charge in [0.15, 0.2) is 12.7 Å². The lowest BCUT2D eigenvalue weighted by atomic mass is 10.2. The Morgan fingerprint density at radius 1 is 1.21 bits per heavy atom. The number of anilines is 2. The molecule has 0 fully saturated rings. The Labute approximate surface area is 167 Å². The van der Waals surface area contributed by atoms with Crippen molar-refractivity contribution in [3.05, 3.63) is 53.6 Å². The number of rotatable bonds is 6. The monoisotopic (exact) mass is 402 g/mol. The number of halogens is 1. The zero-order valence-corrected chi connectivity index (χ0v) is 15.9. The number of benzene rings is 2. The molecule has 0 aromatic heterocycles. The van der Waals surface area contributed by atoms with E-state index < -0.39 is 18.0 Å². The van der Waals surface area contributed by atoms with Crippen LogP contribution < -0.4 is 15.0 Å². The fraction of sp³-hybridized carbons (Fsp3) is 0.250. The van der Waals surface area contributed by atoms with Crippen molar-refractivity contribution in [3.63, 3.8) is 0 Å². The van der Waals surface area contributed by atoms with Crippen molar-refractivity contribution in [1.29, 1.82) is 0 Å². The average Bonchev–Trinajstić information content (AvgIpc) is 2.69. The molecular weight excluding hydrogens is 384 g/mol. The van der Waals surface area contributed by atoms with Crippen molar-refractivity contribution in [2.24, 2.45) is 0 Å². The van der Waals surface area contributed by atoms with Gasteiger partial charge in [0.25, 0.3) is 11.8 Å². The van der Waals surface area contributed by atoms with Gasteiger partial charge in [-0.1, -0.05) is 23.7 Å². The van der Waals surface area contributed by atoms with Gasteiger partial charge in [-0.25, -0.2) is 0 Å². The van der Waals surface area contributed by atoms with Gasteiger partial charge in [0.2, 0.25) is 0 Å². The summed E-state index contributed by atoms with van der Waals surface area (Å²) in [5.74, 6) is -0.676. The Morgan fingerprint density at radius 3 is 2.68 bits per heavy atom. The number of nitrogens with zero attached hydrogens (tertiary/aromatic N) is 1. The molecule has 0 saturated heterocycles. The standard InChI is InChI=1S/C20H19ClN2O5/c1-13(20(26)22-15-8-6-14(21)7-9-15)28-19(25)10-11-23-16-4-2-3-5-17(16)27-12-18(23)24/h2-9,13H,10-12H2,1H3,(H,22,26)/t13-/m0/s1. The zero-order chi connectivity index (χ0) is 20.1. The van der Waals surface area contributed by atoms with Gasteiger partial charge in [0.05, 0.1) is 12.1 Å². The maximum atomic E-state index is 12.2. The molecule has 0 unspecified atom stereocenters. The average molecular weight is 403 g/mol. The predicted molar refractivity (Wildman–Crippen MR) is 105 cm³/mol. The van der Waals surface area contributed by atoms with E-state index in [-0.39, 0.29) is 25.5 Å². The minimum atomic E-state index is -0.976. The van der Waals surface area contributed by atoms with E-state index in [4.69, 9.17) is 21.1 Å². The molecule has 2 aromatic carbocycles. The number of carbonyl (C=O) groups excluding carboxylic acids is 3. The minimum Gasteiger partial charge on any atom is -0.482 e. The van der Waals surface area contributed by atoms with Crippen LogP contribution in [0.3, 0.4) is 0 Å². The van der Waals surface area contributed by atoms with Gasteiger partial charge in [0, 0.05) is 17.3 Å². The van der Waals surface area contributed by atoms with Crippen LogP contribution in [0.1, 0.15) is 13.3 Å². The second-order valence-electron chi connectivity index (χ2n) is 6.18. The number of hydrogen-bond donors (Lipinski definition) is 1. The van der Waals surface area contributed by atoms with E-state index in [1.807, 2.05) is 6.07 Å². The molecule has 0 bridgehead atoms. The minimum absolute atomic E-state index is 0.0430. The normalized spacial score (nSPS) is 13.9. The molecule has 7 nitrogen and oxygen atoms in total. The summed E-state index contributed by atoms with van der Waals surface area (Å²) in [5.41, 5.74) is 1.16. The van der Waals surface area contributed by atoms with Crippen molar-refractivity contribution in [2.75, 3.05) is 23.4 Å². The molecule has 1 N–H and O–H groups in total. The summed E-state index contributed by atoms with van der Waals surface area (Å²) < 4.78 is 10.5. The van der Waals surface area contributed by atoms with Crippen molar-refractivity contribution in [1.82, 2.24) is 0 Å². The molecule has 1 heterocycles. The SMILES string of the molecule is C[C@H](OC(=O)CCN1C(=O)COc2ccccc21)C(=O)Nc1ccc(Cl)cc1. The first-order chi connectivity index (χ1) is 13.4. The predicted octanol–water partition coefficient (Wildman–Crippen LogP) is 3.03. The summed E-state index contributed by atoms with van der Waals surface area (Å²) in [6.07, 6.45) is -1.02. The van der Waals surface area contributed by atoms with Gasteiger partial charge < -0.3 is 19.7 Å². The molecule has 2 aromatic rings. The van der Waals surface area contributed by atoms with Gasteiger partial charge in [-0.15, -0.1) is 0 Å². The highest BCUT2D eigenvalue weighted by Crippen LogP contribution is 2.31. The number of fused-ring (bicyclic) bond motifs is 1. The van der Waals surface area contributed by atoms with E-state index in [2.05, 4.69) is 5.32 Å². The Morgan fingerprint density at radius 2 is 1.93 bits per heavy atom. The maximum Gasteiger partial charge on any atom is 0.308 e. The summed E-state index contributed by atoms with van der Waals surface area (Å²) in [6, 6.07) is 13.7. The largest absolute Gasteiger partial charge is 0.482 e. The molecule has 1 aliphatic rings. The number of nitrogens with one attached hydrogen (secondary N) is 1. The summed E-state index contributed by atoms with van der Waals surface area (Å²) in [6.45, 7) is 1.55. The fourth-order valence-electron chi connectivity index (χ4n) is 2.69. The zero-order valence-electron chi connectivity index (χ0n) is 15.2. The summed E-state index contributed by atoms with van der Waals surface area (Å²) in [4.78, 5) is 37.9. The van der Waals surface area contributed by atoms with E-state index in [1.54, 1.807) is 42.5 Å². The molecule has 0 aliphatic carbocycles. The molecule has 28 heavy (non-hydrogen) atoms. The van der Waals surface area contributed by atoms with Crippen molar-refractivity contribution >= 4 is 40.8 Å². The molecule has 0 spiro atoms. The highest BCUT2D eigenvalue weighted by Gasteiger charge is 2.26. The van der Waals surface area contributed by atoms with Crippen LogP contribution in [0.25, 0.3) is 0 Å². The number of carbonyl (C=O) groups is 3. The van der Waals surface area contributed by atoms with Crippen LogP contribution in [-0.4, -0.2) is 37.0 Å². The topological polar surface area (TPSA) is 84.9 Å². The number of hydrogen-bond acceptors (Lipinski definition) is 5. The number of esters is 1. The second kappa shape index (κ2) is 8.75. The van der Waals surface area contributed by atoms with Crippen LogP contribution in [0, 0.1) is 0 Å². The van der Waals surface area contributed by atoms with Crippen LogP contribution in [0.2, 0.25) is 5.02 Å². The smallest absolute Gasteiger partial charge is 0.308 e. The summed E-state index contributed by atoms with van der Waals surface area (Å²) >= 11 is 5.80. The molecule has 3 rings (SSSR count). The van der Waals surface area contributed by atoms with Gasteiger partial charge >= 0.3 is 5.97 Å². The quantitative estimate of drug-likeness (QED) is 0.751. The molecule has 8 heteroatoms. The lowest BCUT2D eigenvalue weighted by Crippen LogP contribution is -2.40. The Balaban J connectivity index is 1.52. The third-order valence-corrected chi connectivity index (χ3v) is 4.39. The Hall–Kier alpha value is -3.06.